The summed E-state index contributed by atoms with van der Waals surface area (Å²) in [7, 11) is 0. The van der Waals surface area contributed by atoms with Crippen LogP contribution in [0.1, 0.15) is 52.4 Å². The zero-order chi connectivity index (χ0) is 14.1. The summed E-state index contributed by atoms with van der Waals surface area (Å²) in [6.45, 7) is 7.39. The van der Waals surface area contributed by atoms with Gasteiger partial charge in [0.2, 0.25) is 0 Å². The number of ether oxygens (including phenoxy) is 1. The molecule has 1 rings (SSSR count). The van der Waals surface area contributed by atoms with Crippen molar-refractivity contribution < 1.29 is 14.6 Å². The number of carbonyl (C=O) groups is 1. The van der Waals surface area contributed by atoms with Gasteiger partial charge in [0.05, 0.1) is 12.0 Å². The van der Waals surface area contributed by atoms with Crippen LogP contribution in [-0.2, 0) is 9.53 Å². The number of hydrogen-bond donors (Lipinski definition) is 1. The van der Waals surface area contributed by atoms with Crippen LogP contribution in [-0.4, -0.2) is 48.3 Å². The van der Waals surface area contributed by atoms with Crippen LogP contribution < -0.4 is 0 Å². The van der Waals surface area contributed by atoms with E-state index in [1.54, 1.807) is 6.92 Å². The second-order valence-corrected chi connectivity index (χ2v) is 5.69. The van der Waals surface area contributed by atoms with Crippen molar-refractivity contribution >= 4 is 5.97 Å². The minimum Gasteiger partial charge on any atom is -0.481 e. The van der Waals surface area contributed by atoms with E-state index >= 15 is 0 Å². The third kappa shape index (κ3) is 6.92. The van der Waals surface area contributed by atoms with E-state index < -0.39 is 5.97 Å². The van der Waals surface area contributed by atoms with E-state index in [9.17, 15) is 4.79 Å². The summed E-state index contributed by atoms with van der Waals surface area (Å²) < 4.78 is 5.66. The van der Waals surface area contributed by atoms with E-state index in [-0.39, 0.29) is 5.92 Å². The fourth-order valence-corrected chi connectivity index (χ4v) is 2.56. The summed E-state index contributed by atoms with van der Waals surface area (Å²) in [5.74, 6) is -1.00. The van der Waals surface area contributed by atoms with Crippen molar-refractivity contribution in [3.05, 3.63) is 0 Å². The first-order valence-electron chi connectivity index (χ1n) is 7.70. The highest BCUT2D eigenvalue weighted by Gasteiger charge is 2.22. The minimum absolute atomic E-state index is 0.299. The van der Waals surface area contributed by atoms with Gasteiger partial charge in [-0.15, -0.1) is 0 Å². The summed E-state index contributed by atoms with van der Waals surface area (Å²) in [5, 5.41) is 9.04. The average Bonchev–Trinajstić information content (AvgIpc) is 2.87. The molecule has 1 N–H and O–H groups in total. The molecule has 1 heterocycles. The van der Waals surface area contributed by atoms with Crippen molar-refractivity contribution in [2.75, 3.05) is 26.2 Å². The molecule has 0 aromatic carbocycles. The third-order valence-corrected chi connectivity index (χ3v) is 3.77. The van der Waals surface area contributed by atoms with Crippen LogP contribution >= 0.6 is 0 Å². The van der Waals surface area contributed by atoms with Crippen molar-refractivity contribution in [1.82, 2.24) is 4.90 Å². The number of aliphatic carboxylic acids is 1. The van der Waals surface area contributed by atoms with Gasteiger partial charge in [0.25, 0.3) is 0 Å². The van der Waals surface area contributed by atoms with E-state index in [4.69, 9.17) is 9.84 Å². The van der Waals surface area contributed by atoms with Gasteiger partial charge in [-0.1, -0.05) is 33.1 Å². The molecule has 112 valence electrons. The van der Waals surface area contributed by atoms with Gasteiger partial charge in [0.15, 0.2) is 0 Å². The Bertz CT molecular complexity index is 252. The van der Waals surface area contributed by atoms with Crippen LogP contribution in [0.4, 0.5) is 0 Å². The predicted octanol–water partition coefficient (Wildman–Crippen LogP) is 2.77. The fourth-order valence-electron chi connectivity index (χ4n) is 2.56. The second-order valence-electron chi connectivity index (χ2n) is 5.69. The van der Waals surface area contributed by atoms with Crippen molar-refractivity contribution in [1.29, 1.82) is 0 Å². The Morgan fingerprint density at radius 2 is 2.21 bits per heavy atom. The Balaban J connectivity index is 2.34. The van der Waals surface area contributed by atoms with E-state index in [0.717, 1.165) is 39.0 Å². The van der Waals surface area contributed by atoms with Gasteiger partial charge in [-0.3, -0.25) is 9.69 Å². The first-order valence-corrected chi connectivity index (χ1v) is 7.70. The molecular weight excluding hydrogens is 242 g/mol. The lowest BCUT2D eigenvalue weighted by Gasteiger charge is -2.26. The van der Waals surface area contributed by atoms with Crippen molar-refractivity contribution in [2.45, 2.75) is 58.5 Å². The maximum Gasteiger partial charge on any atom is 0.307 e. The molecule has 1 saturated heterocycles. The Hall–Kier alpha value is -0.610. The summed E-state index contributed by atoms with van der Waals surface area (Å²) in [6, 6.07) is 0. The Kier molecular flexibility index (Phi) is 8.07. The molecule has 1 aliphatic heterocycles. The normalized spacial score (nSPS) is 20.9. The highest BCUT2D eigenvalue weighted by atomic mass is 16.5. The molecule has 1 fully saturated rings. The van der Waals surface area contributed by atoms with Gasteiger partial charge in [-0.25, -0.2) is 0 Å². The zero-order valence-corrected chi connectivity index (χ0v) is 12.4. The molecule has 0 aromatic rings. The molecule has 1 aliphatic rings. The van der Waals surface area contributed by atoms with E-state index in [0.29, 0.717) is 12.6 Å². The number of nitrogens with zero attached hydrogens (tertiary/aromatic N) is 1. The summed E-state index contributed by atoms with van der Waals surface area (Å²) in [6.07, 6.45) is 7.47. The van der Waals surface area contributed by atoms with Crippen LogP contribution in [0.5, 0.6) is 0 Å². The largest absolute Gasteiger partial charge is 0.481 e. The van der Waals surface area contributed by atoms with Crippen molar-refractivity contribution in [3.63, 3.8) is 0 Å². The van der Waals surface area contributed by atoms with Crippen LogP contribution in [0.3, 0.4) is 0 Å². The molecule has 2 unspecified atom stereocenters. The van der Waals surface area contributed by atoms with Gasteiger partial charge in [-0.2, -0.15) is 0 Å². The molecule has 4 heteroatoms. The lowest BCUT2D eigenvalue weighted by Crippen LogP contribution is -2.38. The first kappa shape index (κ1) is 16.4. The molecule has 0 amide bonds. The molecular formula is C15H29NO3. The number of carboxylic acid groups (broad SMARTS) is 1. The zero-order valence-electron chi connectivity index (χ0n) is 12.4. The standard InChI is InChI=1S/C15H29NO3/c1-3-4-5-6-9-16(11-13(2)15(17)18)12-14-8-7-10-19-14/h13-14H,3-12H2,1-2H3,(H,17,18). The van der Waals surface area contributed by atoms with Gasteiger partial charge in [0, 0.05) is 19.7 Å². The highest BCUT2D eigenvalue weighted by molar-refractivity contribution is 5.69. The molecule has 0 saturated carbocycles. The maximum absolute atomic E-state index is 11.0. The lowest BCUT2D eigenvalue weighted by atomic mass is 10.1. The van der Waals surface area contributed by atoms with Crippen molar-refractivity contribution in [2.24, 2.45) is 5.92 Å². The minimum atomic E-state index is -0.703. The monoisotopic (exact) mass is 271 g/mol. The predicted molar refractivity (Wildman–Crippen MR) is 76.4 cm³/mol. The molecule has 0 spiro atoms. The SMILES string of the molecule is CCCCCCN(CC1CCCO1)CC(C)C(=O)O. The highest BCUT2D eigenvalue weighted by Crippen LogP contribution is 2.15. The van der Waals surface area contributed by atoms with Crippen LogP contribution in [0.15, 0.2) is 0 Å². The molecule has 19 heavy (non-hydrogen) atoms. The van der Waals surface area contributed by atoms with E-state index in [2.05, 4.69) is 11.8 Å². The summed E-state index contributed by atoms with van der Waals surface area (Å²) in [5.41, 5.74) is 0. The first-order chi connectivity index (χ1) is 9.13. The fraction of sp³-hybridized carbons (Fsp3) is 0.933. The van der Waals surface area contributed by atoms with Gasteiger partial charge < -0.3 is 9.84 Å². The molecule has 4 nitrogen and oxygen atoms in total. The molecule has 0 radical (unpaired) electrons. The third-order valence-electron chi connectivity index (χ3n) is 3.77. The van der Waals surface area contributed by atoms with Crippen LogP contribution in [0, 0.1) is 5.92 Å². The van der Waals surface area contributed by atoms with Gasteiger partial charge in [-0.05, 0) is 25.8 Å². The lowest BCUT2D eigenvalue weighted by molar-refractivity contribution is -0.141. The van der Waals surface area contributed by atoms with Crippen molar-refractivity contribution in [3.8, 4) is 0 Å². The molecule has 0 aliphatic carbocycles. The number of unbranched alkanes of at least 4 members (excludes halogenated alkanes) is 3. The topological polar surface area (TPSA) is 49.8 Å². The Labute approximate surface area is 117 Å². The Morgan fingerprint density at radius 3 is 2.79 bits per heavy atom. The average molecular weight is 271 g/mol. The quantitative estimate of drug-likeness (QED) is 0.621. The van der Waals surface area contributed by atoms with Crippen LogP contribution in [0.2, 0.25) is 0 Å². The number of rotatable bonds is 10. The number of hydrogen-bond acceptors (Lipinski definition) is 3. The molecule has 0 bridgehead atoms. The maximum atomic E-state index is 11.0. The van der Waals surface area contributed by atoms with E-state index in [1.165, 1.54) is 19.3 Å². The van der Waals surface area contributed by atoms with E-state index in [1.807, 2.05) is 0 Å². The second kappa shape index (κ2) is 9.32. The number of carboxylic acids is 1. The van der Waals surface area contributed by atoms with Gasteiger partial charge in [0.1, 0.15) is 0 Å². The summed E-state index contributed by atoms with van der Waals surface area (Å²) >= 11 is 0. The smallest absolute Gasteiger partial charge is 0.307 e. The van der Waals surface area contributed by atoms with Crippen LogP contribution in [0.25, 0.3) is 0 Å². The van der Waals surface area contributed by atoms with Gasteiger partial charge >= 0.3 is 5.97 Å². The molecule has 2 atom stereocenters. The molecule has 0 aromatic heterocycles. The summed E-state index contributed by atoms with van der Waals surface area (Å²) in [4.78, 5) is 13.3. The Morgan fingerprint density at radius 1 is 1.42 bits per heavy atom.